The van der Waals surface area contributed by atoms with Gasteiger partial charge >= 0.3 is 0 Å². The molecule has 2 aromatic carbocycles. The van der Waals surface area contributed by atoms with Crippen molar-refractivity contribution in [2.75, 3.05) is 0 Å². The molecule has 7 heteroatoms. The average Bonchev–Trinajstić information content (AvgIpc) is 2.99. The second kappa shape index (κ2) is 6.78. The number of hydrazone groups is 1. The standard InChI is InChI=1S/C17H13Br2N3O2/c1-9(15-6-10-4-2-3-5-14(10)20-15)21-22-17(24)12-7-11(18)8-13(19)16(12)23/h2-8,20,23H,1H3,(H,22,24)/b21-9+. The molecule has 1 aromatic heterocycles. The SMILES string of the molecule is C/C(=N\NC(=O)c1cc(Br)cc(Br)c1O)c1cc2ccccc2[nH]1. The molecule has 0 saturated carbocycles. The highest BCUT2D eigenvalue weighted by Gasteiger charge is 2.15. The number of aromatic amines is 1. The Balaban J connectivity index is 1.83. The quantitative estimate of drug-likeness (QED) is 0.404. The van der Waals surface area contributed by atoms with Crippen LogP contribution in [-0.2, 0) is 0 Å². The number of hydrogen-bond donors (Lipinski definition) is 3. The number of nitrogens with one attached hydrogen (secondary N) is 2. The van der Waals surface area contributed by atoms with E-state index in [2.05, 4.69) is 47.4 Å². The maximum atomic E-state index is 12.2. The lowest BCUT2D eigenvalue weighted by Crippen LogP contribution is -2.19. The number of carbonyl (C=O) groups is 1. The molecule has 0 radical (unpaired) electrons. The van der Waals surface area contributed by atoms with E-state index in [0.717, 1.165) is 16.6 Å². The number of para-hydroxylation sites is 1. The lowest BCUT2D eigenvalue weighted by atomic mass is 10.2. The van der Waals surface area contributed by atoms with Crippen LogP contribution in [0.4, 0.5) is 0 Å². The zero-order valence-corrected chi connectivity index (χ0v) is 15.8. The third kappa shape index (κ3) is 3.37. The number of nitrogens with zero attached hydrogens (tertiary/aromatic N) is 1. The van der Waals surface area contributed by atoms with Gasteiger partial charge in [-0.2, -0.15) is 5.10 Å². The summed E-state index contributed by atoms with van der Waals surface area (Å²) < 4.78 is 1.10. The van der Waals surface area contributed by atoms with Gasteiger partial charge in [-0.1, -0.05) is 34.1 Å². The van der Waals surface area contributed by atoms with Crippen LogP contribution in [0.5, 0.6) is 5.75 Å². The van der Waals surface area contributed by atoms with Gasteiger partial charge in [0, 0.05) is 15.4 Å². The number of rotatable bonds is 3. The summed E-state index contributed by atoms with van der Waals surface area (Å²) in [6.45, 7) is 1.79. The number of halogens is 2. The summed E-state index contributed by atoms with van der Waals surface area (Å²) in [6, 6.07) is 13.0. The molecule has 1 amide bonds. The Hall–Kier alpha value is -2.12. The van der Waals surface area contributed by atoms with Crippen LogP contribution in [0, 0.1) is 0 Å². The van der Waals surface area contributed by atoms with Crippen LogP contribution in [0.2, 0.25) is 0 Å². The van der Waals surface area contributed by atoms with Crippen LogP contribution in [0.25, 0.3) is 10.9 Å². The number of amides is 1. The Kier molecular flexibility index (Phi) is 4.73. The van der Waals surface area contributed by atoms with Crippen LogP contribution in [0.15, 0.2) is 56.5 Å². The number of H-pyrrole nitrogens is 1. The third-order valence-corrected chi connectivity index (χ3v) is 4.58. The summed E-state index contributed by atoms with van der Waals surface area (Å²) in [5, 5.41) is 15.2. The molecule has 0 aliphatic carbocycles. The van der Waals surface area contributed by atoms with Crippen molar-refractivity contribution in [1.82, 2.24) is 10.4 Å². The number of phenolic OH excluding ortho intramolecular Hbond substituents is 1. The third-order valence-electron chi connectivity index (χ3n) is 3.52. The van der Waals surface area contributed by atoms with Gasteiger partial charge in [0.15, 0.2) is 0 Å². The molecule has 0 atom stereocenters. The molecule has 0 saturated heterocycles. The van der Waals surface area contributed by atoms with E-state index in [1.807, 2.05) is 30.3 Å². The Morgan fingerprint density at radius 3 is 2.71 bits per heavy atom. The predicted octanol–water partition coefficient (Wildman–Crippen LogP) is 4.55. The number of fused-ring (bicyclic) bond motifs is 1. The number of carbonyl (C=O) groups excluding carboxylic acids is 1. The van der Waals surface area contributed by atoms with Crippen LogP contribution in [0.1, 0.15) is 23.0 Å². The maximum Gasteiger partial charge on any atom is 0.275 e. The van der Waals surface area contributed by atoms with Gasteiger partial charge in [-0.25, -0.2) is 5.43 Å². The maximum absolute atomic E-state index is 12.2. The van der Waals surface area contributed by atoms with Gasteiger partial charge in [0.1, 0.15) is 5.75 Å². The lowest BCUT2D eigenvalue weighted by molar-refractivity contribution is 0.0952. The Labute approximate surface area is 155 Å². The Morgan fingerprint density at radius 1 is 1.21 bits per heavy atom. The fraction of sp³-hybridized carbons (Fsp3) is 0.0588. The highest BCUT2D eigenvalue weighted by molar-refractivity contribution is 9.11. The molecule has 122 valence electrons. The first-order valence-electron chi connectivity index (χ1n) is 7.06. The largest absolute Gasteiger partial charge is 0.506 e. The summed E-state index contributed by atoms with van der Waals surface area (Å²) >= 11 is 6.49. The Morgan fingerprint density at radius 2 is 1.96 bits per heavy atom. The average molecular weight is 451 g/mol. The molecule has 0 bridgehead atoms. The van der Waals surface area contributed by atoms with E-state index >= 15 is 0 Å². The van der Waals surface area contributed by atoms with E-state index in [1.165, 1.54) is 6.07 Å². The molecule has 0 aliphatic rings. The summed E-state index contributed by atoms with van der Waals surface area (Å²) in [5.74, 6) is -0.626. The van der Waals surface area contributed by atoms with Crippen molar-refractivity contribution >= 4 is 54.4 Å². The molecule has 5 nitrogen and oxygen atoms in total. The van der Waals surface area contributed by atoms with Crippen molar-refractivity contribution in [2.45, 2.75) is 6.92 Å². The summed E-state index contributed by atoms with van der Waals surface area (Å²) in [6.07, 6.45) is 0. The molecule has 3 N–H and O–H groups in total. The van der Waals surface area contributed by atoms with Crippen molar-refractivity contribution < 1.29 is 9.90 Å². The van der Waals surface area contributed by atoms with Gasteiger partial charge in [-0.15, -0.1) is 0 Å². The van der Waals surface area contributed by atoms with Gasteiger partial charge < -0.3 is 10.1 Å². The normalized spacial score (nSPS) is 11.7. The van der Waals surface area contributed by atoms with Gasteiger partial charge in [0.05, 0.1) is 21.4 Å². The number of phenols is 1. The fourth-order valence-electron chi connectivity index (χ4n) is 2.26. The number of benzene rings is 2. The minimum Gasteiger partial charge on any atom is -0.506 e. The zero-order chi connectivity index (χ0) is 17.3. The summed E-state index contributed by atoms with van der Waals surface area (Å²) in [4.78, 5) is 15.5. The van der Waals surface area contributed by atoms with Gasteiger partial charge in [-0.05, 0) is 47.1 Å². The van der Waals surface area contributed by atoms with E-state index in [1.54, 1.807) is 13.0 Å². The van der Waals surface area contributed by atoms with E-state index < -0.39 is 5.91 Å². The van der Waals surface area contributed by atoms with Crippen molar-refractivity contribution in [3.63, 3.8) is 0 Å². The van der Waals surface area contributed by atoms with Crippen LogP contribution in [-0.4, -0.2) is 21.7 Å². The zero-order valence-electron chi connectivity index (χ0n) is 12.6. The van der Waals surface area contributed by atoms with Crippen molar-refractivity contribution in [1.29, 1.82) is 0 Å². The highest BCUT2D eigenvalue weighted by Crippen LogP contribution is 2.31. The van der Waals surface area contributed by atoms with Crippen LogP contribution in [0.3, 0.4) is 0 Å². The lowest BCUT2D eigenvalue weighted by Gasteiger charge is -2.06. The number of aromatic nitrogens is 1. The molecule has 3 rings (SSSR count). The van der Waals surface area contributed by atoms with Crippen LogP contribution < -0.4 is 5.43 Å². The van der Waals surface area contributed by atoms with Gasteiger partial charge in [0.2, 0.25) is 0 Å². The second-order valence-electron chi connectivity index (χ2n) is 5.19. The van der Waals surface area contributed by atoms with Crippen molar-refractivity contribution in [2.24, 2.45) is 5.10 Å². The van der Waals surface area contributed by atoms with Gasteiger partial charge in [0.25, 0.3) is 5.91 Å². The molecule has 0 fully saturated rings. The fourth-order valence-corrected chi connectivity index (χ4v) is 3.49. The highest BCUT2D eigenvalue weighted by atomic mass is 79.9. The topological polar surface area (TPSA) is 77.5 Å². The minimum atomic E-state index is -0.495. The first-order chi connectivity index (χ1) is 11.5. The molecular weight excluding hydrogens is 438 g/mol. The predicted molar refractivity (Wildman–Crippen MR) is 101 cm³/mol. The van der Waals surface area contributed by atoms with Crippen LogP contribution >= 0.6 is 31.9 Å². The molecule has 24 heavy (non-hydrogen) atoms. The van der Waals surface area contributed by atoms with E-state index in [-0.39, 0.29) is 11.3 Å². The first kappa shape index (κ1) is 16.7. The molecule has 0 unspecified atom stereocenters. The molecule has 3 aromatic rings. The van der Waals surface area contributed by atoms with Crippen molar-refractivity contribution in [3.8, 4) is 5.75 Å². The second-order valence-corrected chi connectivity index (χ2v) is 6.96. The number of hydrogen-bond acceptors (Lipinski definition) is 3. The monoisotopic (exact) mass is 449 g/mol. The van der Waals surface area contributed by atoms with Crippen molar-refractivity contribution in [3.05, 3.63) is 62.7 Å². The smallest absolute Gasteiger partial charge is 0.275 e. The molecule has 0 aliphatic heterocycles. The molecule has 0 spiro atoms. The molecule has 1 heterocycles. The summed E-state index contributed by atoms with van der Waals surface area (Å²) in [7, 11) is 0. The van der Waals surface area contributed by atoms with E-state index in [0.29, 0.717) is 14.7 Å². The minimum absolute atomic E-state index is 0.129. The Bertz CT molecular complexity index is 931. The van der Waals surface area contributed by atoms with E-state index in [9.17, 15) is 9.90 Å². The first-order valence-corrected chi connectivity index (χ1v) is 8.65. The molecular formula is C17H13Br2N3O2. The summed E-state index contributed by atoms with van der Waals surface area (Å²) in [5.41, 5.74) is 5.04. The number of aromatic hydroxyl groups is 1. The van der Waals surface area contributed by atoms with E-state index in [4.69, 9.17) is 0 Å². The van der Waals surface area contributed by atoms with Gasteiger partial charge in [-0.3, -0.25) is 4.79 Å².